The summed E-state index contributed by atoms with van der Waals surface area (Å²) in [5.74, 6) is -0.112. The van der Waals surface area contributed by atoms with E-state index in [0.717, 1.165) is 11.1 Å². The van der Waals surface area contributed by atoms with E-state index in [0.29, 0.717) is 6.54 Å². The number of aryl methyl sites for hydroxylation is 1. The van der Waals surface area contributed by atoms with Gasteiger partial charge in [0.25, 0.3) is 0 Å². The Labute approximate surface area is 109 Å². The lowest BCUT2D eigenvalue weighted by Gasteiger charge is -2.24. The van der Waals surface area contributed by atoms with Crippen LogP contribution in [0.5, 0.6) is 0 Å². The highest BCUT2D eigenvalue weighted by molar-refractivity contribution is 5.91. The zero-order valence-corrected chi connectivity index (χ0v) is 11.5. The van der Waals surface area contributed by atoms with Crippen LogP contribution < -0.4 is 0 Å². The summed E-state index contributed by atoms with van der Waals surface area (Å²) in [6.45, 7) is 5.69. The summed E-state index contributed by atoms with van der Waals surface area (Å²) >= 11 is 0. The van der Waals surface area contributed by atoms with E-state index in [9.17, 15) is 9.90 Å². The molecule has 1 rings (SSSR count). The highest BCUT2D eigenvalue weighted by Gasteiger charge is 2.17. The number of amides is 1. The smallest absolute Gasteiger partial charge is 0.246 e. The van der Waals surface area contributed by atoms with Crippen LogP contribution in [0.3, 0.4) is 0 Å². The zero-order valence-electron chi connectivity index (χ0n) is 11.5. The molecule has 0 aromatic heterocycles. The van der Waals surface area contributed by atoms with E-state index < -0.39 is 5.60 Å². The molecule has 0 atom stereocenters. The molecule has 0 saturated heterocycles. The molecule has 0 aliphatic rings. The molecule has 0 heterocycles. The van der Waals surface area contributed by atoms with Crippen molar-refractivity contribution in [3.63, 3.8) is 0 Å². The lowest BCUT2D eigenvalue weighted by atomic mass is 10.1. The molecule has 0 unspecified atom stereocenters. The number of hydrogen-bond donors (Lipinski definition) is 1. The van der Waals surface area contributed by atoms with Crippen LogP contribution in [0.15, 0.2) is 30.3 Å². The molecule has 0 saturated carbocycles. The predicted molar refractivity (Wildman–Crippen MR) is 74.1 cm³/mol. The van der Waals surface area contributed by atoms with E-state index in [1.165, 1.54) is 11.0 Å². The van der Waals surface area contributed by atoms with Crippen molar-refractivity contribution < 1.29 is 9.90 Å². The third kappa shape index (κ3) is 5.15. The second-order valence-electron chi connectivity index (χ2n) is 5.25. The minimum absolute atomic E-state index is 0.112. The molecule has 0 radical (unpaired) electrons. The van der Waals surface area contributed by atoms with E-state index in [2.05, 4.69) is 0 Å². The van der Waals surface area contributed by atoms with E-state index in [1.54, 1.807) is 27.0 Å². The Morgan fingerprint density at radius 2 is 2.11 bits per heavy atom. The highest BCUT2D eigenvalue weighted by Crippen LogP contribution is 2.07. The fourth-order valence-corrected chi connectivity index (χ4v) is 1.73. The summed E-state index contributed by atoms with van der Waals surface area (Å²) < 4.78 is 0. The van der Waals surface area contributed by atoms with Gasteiger partial charge in [0.05, 0.1) is 5.60 Å². The van der Waals surface area contributed by atoms with Crippen molar-refractivity contribution >= 4 is 12.0 Å². The van der Waals surface area contributed by atoms with Crippen LogP contribution in [0.2, 0.25) is 0 Å². The number of hydrogen-bond acceptors (Lipinski definition) is 2. The third-order valence-corrected chi connectivity index (χ3v) is 2.46. The van der Waals surface area contributed by atoms with E-state index in [4.69, 9.17) is 0 Å². The van der Waals surface area contributed by atoms with Crippen molar-refractivity contribution in [1.82, 2.24) is 4.90 Å². The predicted octanol–water partition coefficient (Wildman–Crippen LogP) is 2.24. The number of carbonyl (C=O) groups excluding carboxylic acids is 1. The van der Waals surface area contributed by atoms with Crippen LogP contribution in [0.1, 0.15) is 25.0 Å². The van der Waals surface area contributed by atoms with Crippen LogP contribution in [0.25, 0.3) is 6.08 Å². The molecule has 1 N–H and O–H groups in total. The Hall–Kier alpha value is -1.61. The minimum atomic E-state index is -0.873. The van der Waals surface area contributed by atoms with Crippen molar-refractivity contribution in [2.75, 3.05) is 13.6 Å². The van der Waals surface area contributed by atoms with Gasteiger partial charge in [0.15, 0.2) is 0 Å². The van der Waals surface area contributed by atoms with Gasteiger partial charge in [-0.3, -0.25) is 4.79 Å². The quantitative estimate of drug-likeness (QED) is 0.829. The fourth-order valence-electron chi connectivity index (χ4n) is 1.73. The average Bonchev–Trinajstić information content (AvgIpc) is 2.23. The Morgan fingerprint density at radius 1 is 1.44 bits per heavy atom. The first kappa shape index (κ1) is 14.5. The summed E-state index contributed by atoms with van der Waals surface area (Å²) in [7, 11) is 1.68. The largest absolute Gasteiger partial charge is 0.389 e. The van der Waals surface area contributed by atoms with E-state index in [-0.39, 0.29) is 5.91 Å². The van der Waals surface area contributed by atoms with E-state index >= 15 is 0 Å². The van der Waals surface area contributed by atoms with Crippen LogP contribution in [-0.4, -0.2) is 35.1 Å². The molecule has 0 bridgehead atoms. The standard InChI is InChI=1S/C15H21NO2/c1-12-6-5-7-13(10-12)8-9-14(17)16(4)11-15(2,3)18/h5-10,18H,11H2,1-4H3. The number of rotatable bonds is 4. The van der Waals surface area contributed by atoms with Crippen molar-refractivity contribution in [3.05, 3.63) is 41.5 Å². The maximum Gasteiger partial charge on any atom is 0.246 e. The van der Waals surface area contributed by atoms with Crippen LogP contribution in [0, 0.1) is 6.92 Å². The minimum Gasteiger partial charge on any atom is -0.389 e. The number of likely N-dealkylation sites (N-methyl/N-ethyl adjacent to an activating group) is 1. The first-order valence-corrected chi connectivity index (χ1v) is 6.00. The fraction of sp³-hybridized carbons (Fsp3) is 0.400. The first-order valence-electron chi connectivity index (χ1n) is 6.00. The molecule has 3 nitrogen and oxygen atoms in total. The maximum atomic E-state index is 11.8. The lowest BCUT2D eigenvalue weighted by Crippen LogP contribution is -2.38. The molecule has 0 spiro atoms. The Kier molecular flexibility index (Phi) is 4.68. The SMILES string of the molecule is Cc1cccc(C=CC(=O)N(C)CC(C)(C)O)c1. The second-order valence-corrected chi connectivity index (χ2v) is 5.25. The van der Waals surface area contributed by atoms with Crippen molar-refractivity contribution in [3.8, 4) is 0 Å². The summed E-state index contributed by atoms with van der Waals surface area (Å²) in [6.07, 6.45) is 3.32. The maximum absolute atomic E-state index is 11.8. The van der Waals surface area contributed by atoms with Gasteiger partial charge >= 0.3 is 0 Å². The molecular formula is C15H21NO2. The van der Waals surface area contributed by atoms with Gasteiger partial charge < -0.3 is 10.0 Å². The van der Waals surface area contributed by atoms with Gasteiger partial charge in [0, 0.05) is 19.7 Å². The van der Waals surface area contributed by atoms with Gasteiger partial charge in [0.2, 0.25) is 5.91 Å². The molecule has 1 amide bonds. The summed E-state index contributed by atoms with van der Waals surface area (Å²) in [5.41, 5.74) is 1.29. The number of nitrogens with zero attached hydrogens (tertiary/aromatic N) is 1. The molecule has 18 heavy (non-hydrogen) atoms. The molecule has 1 aromatic carbocycles. The highest BCUT2D eigenvalue weighted by atomic mass is 16.3. The van der Waals surface area contributed by atoms with E-state index in [1.807, 2.05) is 31.2 Å². The second kappa shape index (κ2) is 5.83. The Balaban J connectivity index is 2.64. The molecule has 1 aromatic rings. The number of carbonyl (C=O) groups is 1. The summed E-state index contributed by atoms with van der Waals surface area (Å²) in [5, 5.41) is 9.64. The zero-order chi connectivity index (χ0) is 13.8. The lowest BCUT2D eigenvalue weighted by molar-refractivity contribution is -0.127. The van der Waals surface area contributed by atoms with Crippen LogP contribution in [-0.2, 0) is 4.79 Å². The molecule has 3 heteroatoms. The van der Waals surface area contributed by atoms with Gasteiger partial charge in [-0.25, -0.2) is 0 Å². The first-order chi connectivity index (χ1) is 8.28. The summed E-state index contributed by atoms with van der Waals surface area (Å²) in [4.78, 5) is 13.3. The monoisotopic (exact) mass is 247 g/mol. The third-order valence-electron chi connectivity index (χ3n) is 2.46. The topological polar surface area (TPSA) is 40.5 Å². The van der Waals surface area contributed by atoms with Gasteiger partial charge in [-0.1, -0.05) is 29.8 Å². The molecule has 0 fully saturated rings. The van der Waals surface area contributed by atoms with Gasteiger partial charge in [-0.2, -0.15) is 0 Å². The number of benzene rings is 1. The van der Waals surface area contributed by atoms with Gasteiger partial charge in [-0.05, 0) is 32.4 Å². The molecule has 0 aliphatic heterocycles. The van der Waals surface area contributed by atoms with Crippen LogP contribution in [0.4, 0.5) is 0 Å². The Bertz CT molecular complexity index is 444. The normalized spacial score (nSPS) is 11.8. The van der Waals surface area contributed by atoms with Crippen molar-refractivity contribution in [1.29, 1.82) is 0 Å². The average molecular weight is 247 g/mol. The van der Waals surface area contributed by atoms with Crippen molar-refractivity contribution in [2.24, 2.45) is 0 Å². The molecule has 0 aliphatic carbocycles. The molecule has 98 valence electrons. The number of aliphatic hydroxyl groups is 1. The Morgan fingerprint density at radius 3 is 2.67 bits per heavy atom. The van der Waals surface area contributed by atoms with Crippen LogP contribution >= 0.6 is 0 Å². The molecular weight excluding hydrogens is 226 g/mol. The van der Waals surface area contributed by atoms with Gasteiger partial charge in [0.1, 0.15) is 0 Å². The van der Waals surface area contributed by atoms with Crippen molar-refractivity contribution in [2.45, 2.75) is 26.4 Å². The van der Waals surface area contributed by atoms with Gasteiger partial charge in [-0.15, -0.1) is 0 Å². The summed E-state index contributed by atoms with van der Waals surface area (Å²) in [6, 6.07) is 7.94.